The van der Waals surface area contributed by atoms with E-state index in [0.717, 1.165) is 12.2 Å². The average molecular weight is 234 g/mol. The summed E-state index contributed by atoms with van der Waals surface area (Å²) >= 11 is 0. The maximum Gasteiger partial charge on any atom is 0.312 e. The lowest BCUT2D eigenvalue weighted by Gasteiger charge is -2.10. The van der Waals surface area contributed by atoms with Gasteiger partial charge in [-0.3, -0.25) is 14.2 Å². The van der Waals surface area contributed by atoms with Gasteiger partial charge in [0, 0.05) is 12.4 Å². The maximum absolute atomic E-state index is 11.2. The Morgan fingerprint density at radius 1 is 1.53 bits per heavy atom. The Labute approximate surface area is 98.3 Å². The van der Waals surface area contributed by atoms with E-state index in [0.29, 0.717) is 17.8 Å². The van der Waals surface area contributed by atoms with E-state index in [1.807, 2.05) is 13.8 Å². The van der Waals surface area contributed by atoms with Crippen LogP contribution >= 0.6 is 0 Å². The van der Waals surface area contributed by atoms with Crippen molar-refractivity contribution in [3.8, 4) is 0 Å². The zero-order valence-electron chi connectivity index (χ0n) is 9.79. The van der Waals surface area contributed by atoms with Gasteiger partial charge in [-0.15, -0.1) is 10.2 Å². The number of aliphatic carboxylic acids is 1. The molecule has 0 radical (unpaired) electrons. The van der Waals surface area contributed by atoms with Gasteiger partial charge in [0.1, 0.15) is 11.7 Å². The lowest BCUT2D eigenvalue weighted by Crippen LogP contribution is -2.14. The fourth-order valence-electron chi connectivity index (χ4n) is 1.87. The van der Waals surface area contributed by atoms with Gasteiger partial charge in [-0.1, -0.05) is 13.3 Å². The summed E-state index contributed by atoms with van der Waals surface area (Å²) in [6.07, 6.45) is 4.66. The minimum Gasteiger partial charge on any atom is -0.481 e. The molecule has 0 fully saturated rings. The molecule has 2 heterocycles. The van der Waals surface area contributed by atoms with Crippen molar-refractivity contribution in [2.24, 2.45) is 0 Å². The molecular weight excluding hydrogens is 220 g/mol. The molecule has 0 bridgehead atoms. The smallest absolute Gasteiger partial charge is 0.312 e. The number of aromatic nitrogens is 4. The van der Waals surface area contributed by atoms with Gasteiger partial charge >= 0.3 is 5.97 Å². The van der Waals surface area contributed by atoms with E-state index in [1.165, 1.54) is 0 Å². The third kappa shape index (κ3) is 1.98. The van der Waals surface area contributed by atoms with Crippen molar-refractivity contribution < 1.29 is 9.90 Å². The van der Waals surface area contributed by atoms with Crippen LogP contribution in [-0.4, -0.2) is 30.7 Å². The van der Waals surface area contributed by atoms with Crippen LogP contribution in [0.3, 0.4) is 0 Å². The first-order valence-corrected chi connectivity index (χ1v) is 5.54. The van der Waals surface area contributed by atoms with Crippen LogP contribution in [0.2, 0.25) is 0 Å². The minimum atomic E-state index is -0.867. The van der Waals surface area contributed by atoms with Crippen LogP contribution in [0.4, 0.5) is 0 Å². The number of rotatable bonds is 4. The van der Waals surface area contributed by atoms with Crippen LogP contribution < -0.4 is 0 Å². The predicted octanol–water partition coefficient (Wildman–Crippen LogP) is 1.40. The van der Waals surface area contributed by atoms with E-state index in [1.54, 1.807) is 16.8 Å². The molecule has 1 N–H and O–H groups in total. The Hall–Kier alpha value is -1.98. The fourth-order valence-corrected chi connectivity index (χ4v) is 1.87. The van der Waals surface area contributed by atoms with E-state index in [4.69, 9.17) is 0 Å². The predicted molar refractivity (Wildman–Crippen MR) is 60.8 cm³/mol. The standard InChI is InChI=1S/C11H14N4O2/c1-3-4-8(11(16)17)9-10-14-13-7(2)15(10)6-5-12-9/h5-6,8H,3-4H2,1-2H3,(H,16,17). The van der Waals surface area contributed by atoms with Crippen molar-refractivity contribution in [1.29, 1.82) is 0 Å². The summed E-state index contributed by atoms with van der Waals surface area (Å²) in [7, 11) is 0. The normalized spacial score (nSPS) is 12.8. The second kappa shape index (κ2) is 4.48. The SMILES string of the molecule is CCCC(C(=O)O)c1nccn2c(C)nnc12. The highest BCUT2D eigenvalue weighted by Crippen LogP contribution is 2.22. The van der Waals surface area contributed by atoms with Crippen LogP contribution in [0.5, 0.6) is 0 Å². The van der Waals surface area contributed by atoms with Gasteiger partial charge in [0.15, 0.2) is 5.65 Å². The van der Waals surface area contributed by atoms with E-state index in [-0.39, 0.29) is 0 Å². The van der Waals surface area contributed by atoms with Crippen LogP contribution in [0.25, 0.3) is 5.65 Å². The topological polar surface area (TPSA) is 80.4 Å². The number of nitrogens with zero attached hydrogens (tertiary/aromatic N) is 4. The Morgan fingerprint density at radius 2 is 2.29 bits per heavy atom. The van der Waals surface area contributed by atoms with Crippen molar-refractivity contribution >= 4 is 11.6 Å². The van der Waals surface area contributed by atoms with Crippen molar-refractivity contribution in [2.75, 3.05) is 0 Å². The first-order valence-electron chi connectivity index (χ1n) is 5.54. The molecule has 6 heteroatoms. The van der Waals surface area contributed by atoms with Gasteiger partial charge in [-0.05, 0) is 13.3 Å². The second-order valence-electron chi connectivity index (χ2n) is 3.93. The Morgan fingerprint density at radius 3 is 2.94 bits per heavy atom. The van der Waals surface area contributed by atoms with Gasteiger partial charge in [0.2, 0.25) is 0 Å². The summed E-state index contributed by atoms with van der Waals surface area (Å²) in [6, 6.07) is 0. The third-order valence-corrected chi connectivity index (χ3v) is 2.73. The number of hydrogen-bond acceptors (Lipinski definition) is 4. The Balaban J connectivity index is 2.56. The van der Waals surface area contributed by atoms with Crippen molar-refractivity contribution in [1.82, 2.24) is 19.6 Å². The van der Waals surface area contributed by atoms with Gasteiger partial charge in [-0.25, -0.2) is 0 Å². The molecule has 1 atom stereocenters. The van der Waals surface area contributed by atoms with Gasteiger partial charge < -0.3 is 5.11 Å². The number of carboxylic acids is 1. The van der Waals surface area contributed by atoms with Crippen LogP contribution in [0.1, 0.15) is 37.2 Å². The Bertz CT molecular complexity index is 549. The van der Waals surface area contributed by atoms with E-state index in [9.17, 15) is 9.90 Å². The summed E-state index contributed by atoms with van der Waals surface area (Å²) in [5.41, 5.74) is 1.02. The monoisotopic (exact) mass is 234 g/mol. The zero-order chi connectivity index (χ0) is 12.4. The number of carbonyl (C=O) groups is 1. The molecule has 17 heavy (non-hydrogen) atoms. The van der Waals surface area contributed by atoms with Gasteiger partial charge in [-0.2, -0.15) is 0 Å². The van der Waals surface area contributed by atoms with Crippen molar-refractivity contribution in [3.05, 3.63) is 23.9 Å². The first kappa shape index (κ1) is 11.5. The van der Waals surface area contributed by atoms with Crippen LogP contribution in [-0.2, 0) is 4.79 Å². The molecule has 0 aromatic carbocycles. The molecule has 0 saturated heterocycles. The molecule has 90 valence electrons. The molecular formula is C11H14N4O2. The van der Waals surface area contributed by atoms with Crippen LogP contribution in [0, 0.1) is 6.92 Å². The zero-order valence-corrected chi connectivity index (χ0v) is 9.79. The highest BCUT2D eigenvalue weighted by molar-refractivity contribution is 5.77. The molecule has 0 amide bonds. The molecule has 0 aliphatic heterocycles. The van der Waals surface area contributed by atoms with E-state index in [2.05, 4.69) is 15.2 Å². The molecule has 2 aromatic rings. The van der Waals surface area contributed by atoms with Crippen LogP contribution in [0.15, 0.2) is 12.4 Å². The summed E-state index contributed by atoms with van der Waals surface area (Å²) in [6.45, 7) is 3.77. The molecule has 0 saturated carbocycles. The molecule has 1 unspecified atom stereocenters. The Kier molecular flexibility index (Phi) is 3.03. The molecule has 0 aliphatic rings. The average Bonchev–Trinajstić information content (AvgIpc) is 2.68. The molecule has 0 spiro atoms. The van der Waals surface area contributed by atoms with E-state index >= 15 is 0 Å². The second-order valence-corrected chi connectivity index (χ2v) is 3.93. The number of carboxylic acid groups (broad SMARTS) is 1. The fraction of sp³-hybridized carbons (Fsp3) is 0.455. The summed E-state index contributed by atoms with van der Waals surface area (Å²) < 4.78 is 1.76. The number of fused-ring (bicyclic) bond motifs is 1. The largest absolute Gasteiger partial charge is 0.481 e. The summed E-state index contributed by atoms with van der Waals surface area (Å²) in [5, 5.41) is 17.2. The van der Waals surface area contributed by atoms with Gasteiger partial charge in [0.05, 0.1) is 5.69 Å². The molecule has 2 rings (SSSR count). The quantitative estimate of drug-likeness (QED) is 0.864. The van der Waals surface area contributed by atoms with Gasteiger partial charge in [0.25, 0.3) is 0 Å². The highest BCUT2D eigenvalue weighted by Gasteiger charge is 2.24. The molecule has 2 aromatic heterocycles. The van der Waals surface area contributed by atoms with Crippen molar-refractivity contribution in [3.63, 3.8) is 0 Å². The minimum absolute atomic E-state index is 0.488. The highest BCUT2D eigenvalue weighted by atomic mass is 16.4. The maximum atomic E-state index is 11.2. The first-order chi connectivity index (χ1) is 8.15. The number of hydrogen-bond donors (Lipinski definition) is 1. The van der Waals surface area contributed by atoms with Crippen molar-refractivity contribution in [2.45, 2.75) is 32.6 Å². The summed E-state index contributed by atoms with van der Waals surface area (Å²) in [5.74, 6) is -0.760. The summed E-state index contributed by atoms with van der Waals surface area (Å²) in [4.78, 5) is 15.4. The van der Waals surface area contributed by atoms with E-state index < -0.39 is 11.9 Å². The third-order valence-electron chi connectivity index (χ3n) is 2.73. The lowest BCUT2D eigenvalue weighted by molar-refractivity contribution is -0.139. The lowest BCUT2D eigenvalue weighted by atomic mass is 10.00. The molecule has 6 nitrogen and oxygen atoms in total. The number of aryl methyl sites for hydroxylation is 1. The molecule has 0 aliphatic carbocycles.